The van der Waals surface area contributed by atoms with Crippen molar-refractivity contribution in [2.75, 3.05) is 13.7 Å². The van der Waals surface area contributed by atoms with E-state index in [0.29, 0.717) is 11.7 Å². The second-order valence-electron chi connectivity index (χ2n) is 7.72. The number of ether oxygens (including phenoxy) is 1. The number of hydrogen-bond donors (Lipinski definition) is 1. The molecule has 2 atom stereocenters. The number of thiocarbonyl (C=S) groups is 1. The van der Waals surface area contributed by atoms with Gasteiger partial charge in [0, 0.05) is 30.3 Å². The first-order valence-electron chi connectivity index (χ1n) is 10.3. The summed E-state index contributed by atoms with van der Waals surface area (Å²) in [5.74, 6) is -0.257. The fourth-order valence-electron chi connectivity index (χ4n) is 4.03. The van der Waals surface area contributed by atoms with Crippen LogP contribution in [0.2, 0.25) is 0 Å². The molecule has 4 rings (SSSR count). The zero-order valence-electron chi connectivity index (χ0n) is 17.9. The molecule has 0 bridgehead atoms. The van der Waals surface area contributed by atoms with E-state index in [4.69, 9.17) is 17.0 Å². The van der Waals surface area contributed by atoms with Crippen molar-refractivity contribution in [2.45, 2.75) is 32.4 Å². The van der Waals surface area contributed by atoms with Crippen molar-refractivity contribution < 1.29 is 9.53 Å². The van der Waals surface area contributed by atoms with Gasteiger partial charge in [0.1, 0.15) is 0 Å². The average molecular weight is 435 g/mol. The Morgan fingerprint density at radius 1 is 1.16 bits per heavy atom. The number of nitrogens with one attached hydrogen (secondary N) is 1. The van der Waals surface area contributed by atoms with Gasteiger partial charge in [-0.15, -0.1) is 0 Å². The van der Waals surface area contributed by atoms with Crippen LogP contribution in [0.4, 0.5) is 0 Å². The minimum absolute atomic E-state index is 0.122. The summed E-state index contributed by atoms with van der Waals surface area (Å²) in [5, 5.41) is 4.04. The first-order chi connectivity index (χ1) is 15.0. The lowest BCUT2D eigenvalue weighted by atomic mass is 10.0. The van der Waals surface area contributed by atoms with Gasteiger partial charge in [0.05, 0.1) is 31.3 Å². The molecule has 1 aliphatic heterocycles. The fourth-order valence-corrected chi connectivity index (χ4v) is 4.36. The Bertz CT molecular complexity index is 1100. The molecule has 1 saturated heterocycles. The Morgan fingerprint density at radius 3 is 2.71 bits per heavy atom. The summed E-state index contributed by atoms with van der Waals surface area (Å²) in [7, 11) is 1.40. The molecule has 160 valence electrons. The maximum absolute atomic E-state index is 11.8. The van der Waals surface area contributed by atoms with E-state index in [1.165, 1.54) is 18.2 Å². The van der Waals surface area contributed by atoms with Crippen LogP contribution in [-0.4, -0.2) is 39.2 Å². The third-order valence-corrected chi connectivity index (χ3v) is 6.19. The Kier molecular flexibility index (Phi) is 6.04. The lowest BCUT2D eigenvalue weighted by Gasteiger charge is -2.28. The van der Waals surface area contributed by atoms with Crippen LogP contribution in [-0.2, 0) is 9.53 Å². The number of esters is 1. The molecule has 7 heteroatoms. The highest BCUT2D eigenvalue weighted by molar-refractivity contribution is 7.80. The Hall–Kier alpha value is -3.19. The Labute approximate surface area is 187 Å². The van der Waals surface area contributed by atoms with Crippen molar-refractivity contribution in [2.24, 2.45) is 0 Å². The van der Waals surface area contributed by atoms with Gasteiger partial charge in [0.25, 0.3) is 0 Å². The topological polar surface area (TPSA) is 59.4 Å². The number of methoxy groups -OCH3 is 1. The van der Waals surface area contributed by atoms with Crippen LogP contribution in [0.15, 0.2) is 60.9 Å². The molecule has 1 fully saturated rings. The van der Waals surface area contributed by atoms with Gasteiger partial charge >= 0.3 is 5.97 Å². The molecular weight excluding hydrogens is 408 g/mol. The van der Waals surface area contributed by atoms with E-state index < -0.39 is 0 Å². The molecular formula is C24H26N4O2S. The Balaban J connectivity index is 1.77. The zero-order valence-corrected chi connectivity index (χ0v) is 18.7. The van der Waals surface area contributed by atoms with Gasteiger partial charge in [-0.05, 0) is 73.6 Å². The molecule has 3 heterocycles. The van der Waals surface area contributed by atoms with Crippen LogP contribution in [0.1, 0.15) is 41.0 Å². The summed E-state index contributed by atoms with van der Waals surface area (Å²) >= 11 is 5.68. The summed E-state index contributed by atoms with van der Waals surface area (Å²) in [6.45, 7) is 4.69. The molecule has 0 unspecified atom stereocenters. The number of rotatable bonds is 6. The molecule has 1 aromatic carbocycles. The number of carbonyl (C=O) groups excluding carboxylic acids is 1. The molecule has 0 amide bonds. The van der Waals surface area contributed by atoms with Crippen molar-refractivity contribution in [3.63, 3.8) is 0 Å². The van der Waals surface area contributed by atoms with E-state index >= 15 is 0 Å². The van der Waals surface area contributed by atoms with Gasteiger partial charge in [0.15, 0.2) is 5.11 Å². The van der Waals surface area contributed by atoms with E-state index in [1.54, 1.807) is 6.20 Å². The summed E-state index contributed by atoms with van der Waals surface area (Å²) in [5.41, 5.74) is 5.57. The van der Waals surface area contributed by atoms with E-state index in [-0.39, 0.29) is 24.5 Å². The molecule has 0 spiro atoms. The first-order valence-corrected chi connectivity index (χ1v) is 10.7. The molecule has 1 N–H and O–H groups in total. The van der Waals surface area contributed by atoms with Crippen LogP contribution in [0.5, 0.6) is 0 Å². The zero-order chi connectivity index (χ0) is 22.0. The van der Waals surface area contributed by atoms with Gasteiger partial charge in [-0.25, -0.2) is 0 Å². The first kappa shape index (κ1) is 21.1. The van der Waals surface area contributed by atoms with Crippen LogP contribution in [0, 0.1) is 13.8 Å². The Morgan fingerprint density at radius 2 is 2.00 bits per heavy atom. The van der Waals surface area contributed by atoms with E-state index in [0.717, 1.165) is 17.1 Å². The maximum Gasteiger partial charge on any atom is 0.307 e. The van der Waals surface area contributed by atoms with Crippen molar-refractivity contribution in [3.8, 4) is 5.69 Å². The number of hydrogen-bond acceptors (Lipinski definition) is 4. The van der Waals surface area contributed by atoms with Gasteiger partial charge in [-0.1, -0.05) is 12.1 Å². The molecule has 3 aromatic rings. The third kappa shape index (κ3) is 4.18. The lowest BCUT2D eigenvalue weighted by molar-refractivity contribution is -0.140. The SMILES string of the molecule is COC(=O)CCN1C(=S)N[C@H](c2ccccn2)[C@H]1c1cccn1-c1ccc(C)c(C)c1. The second kappa shape index (κ2) is 8.89. The van der Waals surface area contributed by atoms with Crippen molar-refractivity contribution in [1.82, 2.24) is 19.8 Å². The highest BCUT2D eigenvalue weighted by Crippen LogP contribution is 2.39. The van der Waals surface area contributed by atoms with Gasteiger partial charge in [0.2, 0.25) is 0 Å². The summed E-state index contributed by atoms with van der Waals surface area (Å²) < 4.78 is 7.04. The van der Waals surface area contributed by atoms with Gasteiger partial charge in [-0.2, -0.15) is 0 Å². The normalized spacial score (nSPS) is 18.2. The second-order valence-corrected chi connectivity index (χ2v) is 8.10. The number of aryl methyl sites for hydroxylation is 2. The van der Waals surface area contributed by atoms with Crippen LogP contribution in [0.3, 0.4) is 0 Å². The maximum atomic E-state index is 11.8. The summed E-state index contributed by atoms with van der Waals surface area (Å²) in [6, 6.07) is 16.2. The minimum Gasteiger partial charge on any atom is -0.469 e. The largest absolute Gasteiger partial charge is 0.469 e. The number of carbonyl (C=O) groups is 1. The number of nitrogens with zero attached hydrogens (tertiary/aromatic N) is 3. The number of benzene rings is 1. The number of pyridine rings is 1. The smallest absolute Gasteiger partial charge is 0.307 e. The monoisotopic (exact) mass is 434 g/mol. The van der Waals surface area contributed by atoms with E-state index in [1.807, 2.05) is 24.3 Å². The molecule has 1 aliphatic rings. The predicted octanol–water partition coefficient (Wildman–Crippen LogP) is 4.02. The number of aromatic nitrogens is 2. The molecule has 2 aromatic heterocycles. The molecule has 0 saturated carbocycles. The lowest BCUT2D eigenvalue weighted by Crippen LogP contribution is -2.32. The fraction of sp³-hybridized carbons (Fsp3) is 0.292. The van der Waals surface area contributed by atoms with Gasteiger partial charge < -0.3 is 19.5 Å². The van der Waals surface area contributed by atoms with Crippen molar-refractivity contribution in [3.05, 3.63) is 83.4 Å². The average Bonchev–Trinajstić information content (AvgIpc) is 3.38. The quantitative estimate of drug-likeness (QED) is 0.467. The van der Waals surface area contributed by atoms with Crippen LogP contribution >= 0.6 is 12.2 Å². The third-order valence-electron chi connectivity index (χ3n) is 5.83. The van der Waals surface area contributed by atoms with Crippen LogP contribution < -0.4 is 5.32 Å². The van der Waals surface area contributed by atoms with Crippen LogP contribution in [0.25, 0.3) is 5.69 Å². The predicted molar refractivity (Wildman–Crippen MR) is 124 cm³/mol. The van der Waals surface area contributed by atoms with Crippen molar-refractivity contribution in [1.29, 1.82) is 0 Å². The van der Waals surface area contributed by atoms with E-state index in [9.17, 15) is 4.79 Å². The van der Waals surface area contributed by atoms with E-state index in [2.05, 4.69) is 64.1 Å². The van der Waals surface area contributed by atoms with Crippen molar-refractivity contribution >= 4 is 23.3 Å². The van der Waals surface area contributed by atoms with Gasteiger partial charge in [-0.3, -0.25) is 9.78 Å². The summed E-state index contributed by atoms with van der Waals surface area (Å²) in [6.07, 6.45) is 4.11. The highest BCUT2D eigenvalue weighted by Gasteiger charge is 2.41. The molecule has 6 nitrogen and oxygen atoms in total. The molecule has 0 radical (unpaired) electrons. The minimum atomic E-state index is -0.257. The summed E-state index contributed by atoms with van der Waals surface area (Å²) in [4.78, 5) is 18.5. The standard InChI is InChI=1S/C24H26N4O2S/c1-16-9-10-18(15-17(16)2)27-13-6-8-20(27)23-22(19-7-4-5-12-25-19)26-24(31)28(23)14-11-21(29)30-3/h4-10,12-13,15,22-23H,11,14H2,1-3H3,(H,26,31)/t22-,23-/m1/s1. The molecule has 0 aliphatic carbocycles. The molecule has 31 heavy (non-hydrogen) atoms. The highest BCUT2D eigenvalue weighted by atomic mass is 32.1.